The standard InChI is InChI=1S/C20H28N6O3S/c1-4-17(27)21-16-10-9-15(22-23-16)12-13-7-8-14(11-13)19-24-25-20(30-19)26(29-6-3)18(28)5-2/h9-10,13-14H,4-8,11-12H2,1-3H3,(H,21,23,27). The smallest absolute Gasteiger partial charge is 0.252 e. The predicted octanol–water partition coefficient (Wildman–Crippen LogP) is 3.50. The van der Waals surface area contributed by atoms with Gasteiger partial charge in [-0.25, -0.2) is 0 Å². The van der Waals surface area contributed by atoms with E-state index in [2.05, 4.69) is 25.7 Å². The Morgan fingerprint density at radius 3 is 2.63 bits per heavy atom. The number of nitrogens with zero attached hydrogens (tertiary/aromatic N) is 5. The van der Waals surface area contributed by atoms with Crippen molar-refractivity contribution in [3.8, 4) is 0 Å². The number of hydrogen-bond donors (Lipinski definition) is 1. The fourth-order valence-electron chi connectivity index (χ4n) is 3.53. The molecule has 2 aromatic heterocycles. The van der Waals surface area contributed by atoms with E-state index >= 15 is 0 Å². The largest absolute Gasteiger partial charge is 0.309 e. The van der Waals surface area contributed by atoms with Crippen molar-refractivity contribution in [1.29, 1.82) is 0 Å². The SMILES string of the molecule is CCON(C(=O)CC)c1nnc(C2CCC(Cc3ccc(NC(=O)CC)nn3)C2)s1. The van der Waals surface area contributed by atoms with Gasteiger partial charge in [-0.05, 0) is 50.7 Å². The number of hydroxylamine groups is 1. The number of aromatic nitrogens is 4. The van der Waals surface area contributed by atoms with Crippen LogP contribution in [0.2, 0.25) is 0 Å². The zero-order chi connectivity index (χ0) is 21.5. The Morgan fingerprint density at radius 1 is 1.13 bits per heavy atom. The van der Waals surface area contributed by atoms with Crippen LogP contribution in [0.4, 0.5) is 10.9 Å². The molecule has 0 bridgehead atoms. The molecule has 10 heteroatoms. The van der Waals surface area contributed by atoms with Gasteiger partial charge in [0.15, 0.2) is 5.82 Å². The van der Waals surface area contributed by atoms with Crippen molar-refractivity contribution in [2.24, 2.45) is 5.92 Å². The van der Waals surface area contributed by atoms with E-state index in [-0.39, 0.29) is 11.8 Å². The van der Waals surface area contributed by atoms with Crippen LogP contribution in [-0.2, 0) is 20.8 Å². The number of amides is 2. The molecule has 2 unspecified atom stereocenters. The number of carbonyl (C=O) groups excluding carboxylic acids is 2. The van der Waals surface area contributed by atoms with Crippen LogP contribution in [0.5, 0.6) is 0 Å². The maximum Gasteiger partial charge on any atom is 0.252 e. The summed E-state index contributed by atoms with van der Waals surface area (Å²) in [5.41, 5.74) is 0.921. The van der Waals surface area contributed by atoms with Gasteiger partial charge >= 0.3 is 0 Å². The normalized spacial score (nSPS) is 18.4. The van der Waals surface area contributed by atoms with E-state index < -0.39 is 0 Å². The lowest BCUT2D eigenvalue weighted by Gasteiger charge is -2.16. The molecular formula is C20H28N6O3S. The Balaban J connectivity index is 1.57. The second-order valence-electron chi connectivity index (χ2n) is 7.27. The highest BCUT2D eigenvalue weighted by Gasteiger charge is 2.30. The minimum Gasteiger partial charge on any atom is -0.309 e. The summed E-state index contributed by atoms with van der Waals surface area (Å²) in [5.74, 6) is 1.11. The minimum absolute atomic E-state index is 0.0735. The number of hydrogen-bond acceptors (Lipinski definition) is 8. The molecule has 1 saturated carbocycles. The van der Waals surface area contributed by atoms with Crippen molar-refractivity contribution in [1.82, 2.24) is 20.4 Å². The molecule has 9 nitrogen and oxygen atoms in total. The van der Waals surface area contributed by atoms with Crippen LogP contribution in [0.1, 0.15) is 69.5 Å². The lowest BCUT2D eigenvalue weighted by molar-refractivity contribution is -0.125. The van der Waals surface area contributed by atoms with E-state index in [1.807, 2.05) is 13.0 Å². The predicted molar refractivity (Wildman–Crippen MR) is 114 cm³/mol. The molecule has 1 aliphatic rings. The van der Waals surface area contributed by atoms with Crippen molar-refractivity contribution < 1.29 is 14.4 Å². The topological polar surface area (TPSA) is 110 Å². The molecule has 0 saturated heterocycles. The molecule has 2 amide bonds. The van der Waals surface area contributed by atoms with Gasteiger partial charge in [0.25, 0.3) is 5.91 Å². The molecule has 0 aromatic carbocycles. The molecule has 0 radical (unpaired) electrons. The summed E-state index contributed by atoms with van der Waals surface area (Å²) in [6.45, 7) is 5.83. The minimum atomic E-state index is -0.124. The van der Waals surface area contributed by atoms with E-state index in [0.29, 0.717) is 42.2 Å². The van der Waals surface area contributed by atoms with Crippen LogP contribution < -0.4 is 10.4 Å². The van der Waals surface area contributed by atoms with E-state index in [1.54, 1.807) is 19.9 Å². The highest BCUT2D eigenvalue weighted by molar-refractivity contribution is 7.15. The summed E-state index contributed by atoms with van der Waals surface area (Å²) >= 11 is 1.43. The molecule has 1 N–H and O–H groups in total. The Morgan fingerprint density at radius 2 is 1.97 bits per heavy atom. The third-order valence-electron chi connectivity index (χ3n) is 5.09. The van der Waals surface area contributed by atoms with Crippen molar-refractivity contribution in [2.75, 3.05) is 17.0 Å². The van der Waals surface area contributed by atoms with Gasteiger partial charge in [0.1, 0.15) is 5.01 Å². The maximum absolute atomic E-state index is 12.1. The van der Waals surface area contributed by atoms with Crippen molar-refractivity contribution >= 4 is 34.1 Å². The van der Waals surface area contributed by atoms with E-state index in [0.717, 1.165) is 36.4 Å². The summed E-state index contributed by atoms with van der Waals surface area (Å²) in [4.78, 5) is 29.0. The Hall–Kier alpha value is -2.46. The van der Waals surface area contributed by atoms with Crippen LogP contribution in [-0.4, -0.2) is 38.8 Å². The van der Waals surface area contributed by atoms with Gasteiger partial charge in [-0.1, -0.05) is 25.2 Å². The molecular weight excluding hydrogens is 404 g/mol. The highest BCUT2D eigenvalue weighted by Crippen LogP contribution is 2.41. The van der Waals surface area contributed by atoms with E-state index in [9.17, 15) is 9.59 Å². The number of anilines is 2. The average molecular weight is 433 g/mol. The highest BCUT2D eigenvalue weighted by atomic mass is 32.1. The van der Waals surface area contributed by atoms with Crippen LogP contribution in [0.15, 0.2) is 12.1 Å². The van der Waals surface area contributed by atoms with Gasteiger partial charge in [0, 0.05) is 18.8 Å². The molecule has 3 rings (SSSR count). The van der Waals surface area contributed by atoms with Gasteiger partial charge in [-0.3, -0.25) is 14.4 Å². The number of carbonyl (C=O) groups is 2. The third-order valence-corrected chi connectivity index (χ3v) is 6.14. The molecule has 2 heterocycles. The molecule has 0 spiro atoms. The third kappa shape index (κ3) is 5.57. The first-order valence-corrected chi connectivity index (χ1v) is 11.3. The van der Waals surface area contributed by atoms with Crippen molar-refractivity contribution in [3.63, 3.8) is 0 Å². The Bertz CT molecular complexity index is 856. The molecule has 0 aliphatic heterocycles. The lowest BCUT2D eigenvalue weighted by Crippen LogP contribution is -2.30. The van der Waals surface area contributed by atoms with Gasteiger partial charge in [0.2, 0.25) is 11.0 Å². The first kappa shape index (κ1) is 22.2. The maximum atomic E-state index is 12.1. The lowest BCUT2D eigenvalue weighted by atomic mass is 10.00. The van der Waals surface area contributed by atoms with Gasteiger partial charge in [-0.2, -0.15) is 10.2 Å². The molecule has 162 valence electrons. The molecule has 1 aliphatic carbocycles. The molecule has 30 heavy (non-hydrogen) atoms. The van der Waals surface area contributed by atoms with E-state index in [1.165, 1.54) is 16.4 Å². The number of rotatable bonds is 9. The van der Waals surface area contributed by atoms with Crippen LogP contribution in [0, 0.1) is 5.92 Å². The second-order valence-corrected chi connectivity index (χ2v) is 8.26. The molecule has 1 fully saturated rings. The first-order valence-electron chi connectivity index (χ1n) is 10.5. The quantitative estimate of drug-likeness (QED) is 0.604. The van der Waals surface area contributed by atoms with E-state index in [4.69, 9.17) is 4.84 Å². The number of nitrogens with one attached hydrogen (secondary N) is 1. The summed E-state index contributed by atoms with van der Waals surface area (Å²) in [6.07, 6.45) is 4.72. The fraction of sp³-hybridized carbons (Fsp3) is 0.600. The molecule has 2 atom stereocenters. The molecule has 2 aromatic rings. The Kier molecular flexibility index (Phi) is 7.81. The average Bonchev–Trinajstić information content (AvgIpc) is 3.42. The van der Waals surface area contributed by atoms with Crippen LogP contribution >= 0.6 is 11.3 Å². The monoisotopic (exact) mass is 432 g/mol. The zero-order valence-corrected chi connectivity index (χ0v) is 18.4. The van der Waals surface area contributed by atoms with Crippen LogP contribution in [0.3, 0.4) is 0 Å². The summed E-state index contributed by atoms with van der Waals surface area (Å²) in [6, 6.07) is 3.72. The first-order chi connectivity index (χ1) is 14.5. The zero-order valence-electron chi connectivity index (χ0n) is 17.6. The van der Waals surface area contributed by atoms with Gasteiger partial charge < -0.3 is 5.32 Å². The van der Waals surface area contributed by atoms with Crippen LogP contribution in [0.25, 0.3) is 0 Å². The van der Waals surface area contributed by atoms with Gasteiger partial charge in [-0.15, -0.1) is 15.3 Å². The van der Waals surface area contributed by atoms with Gasteiger partial charge in [0.05, 0.1) is 12.3 Å². The fourth-order valence-corrected chi connectivity index (χ4v) is 4.50. The summed E-state index contributed by atoms with van der Waals surface area (Å²) in [5, 5.41) is 22.3. The Labute approximate surface area is 180 Å². The second kappa shape index (κ2) is 10.5. The summed E-state index contributed by atoms with van der Waals surface area (Å²) in [7, 11) is 0. The van der Waals surface area contributed by atoms with Crippen molar-refractivity contribution in [2.45, 2.75) is 65.2 Å². The van der Waals surface area contributed by atoms with Crippen molar-refractivity contribution in [3.05, 3.63) is 22.8 Å². The summed E-state index contributed by atoms with van der Waals surface area (Å²) < 4.78 is 0.